The number of ether oxygens (including phenoxy) is 1. The Hall–Kier alpha value is -2.00. The number of unbranched alkanes of at least 4 members (excludes halogenated alkanes) is 1. The molecule has 0 spiro atoms. The van der Waals surface area contributed by atoms with Gasteiger partial charge in [0.25, 0.3) is 0 Å². The minimum atomic E-state index is -0.250. The fraction of sp³-hybridized carbons (Fsp3) is 0.462. The third-order valence-electron chi connectivity index (χ3n) is 2.52. The summed E-state index contributed by atoms with van der Waals surface area (Å²) in [6, 6.07) is 7.50. The van der Waals surface area contributed by atoms with E-state index in [9.17, 15) is 4.79 Å². The molecule has 1 aromatic rings. The minimum Gasteiger partial charge on any atom is -0.427 e. The van der Waals surface area contributed by atoms with Crippen molar-refractivity contribution in [3.63, 3.8) is 0 Å². The first-order chi connectivity index (χ1) is 8.76. The first-order valence-corrected chi connectivity index (χ1v) is 6.06. The van der Waals surface area contributed by atoms with Crippen molar-refractivity contribution in [1.29, 1.82) is 0 Å². The van der Waals surface area contributed by atoms with Crippen molar-refractivity contribution < 1.29 is 9.53 Å². The Bertz CT molecular complexity index is 422. The third kappa shape index (κ3) is 5.37. The van der Waals surface area contributed by atoms with Gasteiger partial charge in [0.1, 0.15) is 5.75 Å². The summed E-state index contributed by atoms with van der Waals surface area (Å²) in [4.78, 5) is 14.1. The van der Waals surface area contributed by atoms with Crippen LogP contribution in [0.25, 0.3) is 10.4 Å². The second kappa shape index (κ2) is 8.14. The van der Waals surface area contributed by atoms with Crippen LogP contribution < -0.4 is 4.74 Å². The Balaban J connectivity index is 2.28. The molecule has 1 rings (SSSR count). The summed E-state index contributed by atoms with van der Waals surface area (Å²) >= 11 is 0. The molecule has 0 aliphatic heterocycles. The highest BCUT2D eigenvalue weighted by Gasteiger charge is 2.04. The molecule has 5 heteroatoms. The Kier molecular flexibility index (Phi) is 6.36. The van der Waals surface area contributed by atoms with Crippen LogP contribution in [0.15, 0.2) is 29.4 Å². The molecule has 0 aromatic heterocycles. The maximum Gasteiger partial charge on any atom is 0.311 e. The standard InChI is InChI=1S/C13H17N3O2/c1-2-11-6-8-12(9-7-11)18-13(17)5-3-4-10-15-16-14/h6-9H,2-5,10H2,1H3. The number of esters is 1. The number of hydrogen-bond acceptors (Lipinski definition) is 3. The van der Waals surface area contributed by atoms with Gasteiger partial charge in [-0.2, -0.15) is 0 Å². The number of aryl methyl sites for hydroxylation is 1. The van der Waals surface area contributed by atoms with E-state index in [1.54, 1.807) is 12.1 Å². The highest BCUT2D eigenvalue weighted by molar-refractivity contribution is 5.72. The predicted molar refractivity (Wildman–Crippen MR) is 69.3 cm³/mol. The summed E-state index contributed by atoms with van der Waals surface area (Å²) in [6.07, 6.45) is 2.68. The van der Waals surface area contributed by atoms with Gasteiger partial charge in [0.05, 0.1) is 0 Å². The summed E-state index contributed by atoms with van der Waals surface area (Å²) in [5, 5.41) is 3.40. The van der Waals surface area contributed by atoms with Gasteiger partial charge in [-0.3, -0.25) is 4.79 Å². The molecule has 1 aromatic carbocycles. The Morgan fingerprint density at radius 1 is 1.33 bits per heavy atom. The number of hydrogen-bond donors (Lipinski definition) is 0. The van der Waals surface area contributed by atoms with Crippen LogP contribution in [0.4, 0.5) is 0 Å². The van der Waals surface area contributed by atoms with Crippen LogP contribution in [-0.4, -0.2) is 12.5 Å². The van der Waals surface area contributed by atoms with Crippen molar-refractivity contribution in [1.82, 2.24) is 0 Å². The van der Waals surface area contributed by atoms with Crippen molar-refractivity contribution in [2.45, 2.75) is 32.6 Å². The largest absolute Gasteiger partial charge is 0.427 e. The lowest BCUT2D eigenvalue weighted by atomic mass is 10.2. The average molecular weight is 247 g/mol. The van der Waals surface area contributed by atoms with Crippen LogP contribution >= 0.6 is 0 Å². The zero-order valence-corrected chi connectivity index (χ0v) is 10.5. The molecular weight excluding hydrogens is 230 g/mol. The van der Waals surface area contributed by atoms with E-state index < -0.39 is 0 Å². The lowest BCUT2D eigenvalue weighted by molar-refractivity contribution is -0.134. The molecule has 0 atom stereocenters. The molecule has 0 aliphatic rings. The first kappa shape index (κ1) is 14.1. The number of carbonyl (C=O) groups excluding carboxylic acids is 1. The van der Waals surface area contributed by atoms with Gasteiger partial charge in [0.2, 0.25) is 0 Å². The molecule has 5 nitrogen and oxygen atoms in total. The van der Waals surface area contributed by atoms with E-state index in [1.807, 2.05) is 12.1 Å². The van der Waals surface area contributed by atoms with Crippen LogP contribution in [0.2, 0.25) is 0 Å². The van der Waals surface area contributed by atoms with E-state index in [-0.39, 0.29) is 5.97 Å². The van der Waals surface area contributed by atoms with Gasteiger partial charge >= 0.3 is 5.97 Å². The molecule has 0 saturated heterocycles. The molecular formula is C13H17N3O2. The Morgan fingerprint density at radius 2 is 2.06 bits per heavy atom. The third-order valence-corrected chi connectivity index (χ3v) is 2.52. The summed E-state index contributed by atoms with van der Waals surface area (Å²) in [6.45, 7) is 2.50. The minimum absolute atomic E-state index is 0.250. The van der Waals surface area contributed by atoms with Gasteiger partial charge < -0.3 is 4.74 Å². The fourth-order valence-electron chi connectivity index (χ4n) is 1.47. The normalized spacial score (nSPS) is 9.61. The van der Waals surface area contributed by atoms with Crippen molar-refractivity contribution in [2.24, 2.45) is 5.11 Å². The van der Waals surface area contributed by atoms with E-state index in [1.165, 1.54) is 5.56 Å². The zero-order valence-electron chi connectivity index (χ0n) is 10.5. The van der Waals surface area contributed by atoms with Crippen LogP contribution in [0.5, 0.6) is 5.75 Å². The highest BCUT2D eigenvalue weighted by atomic mass is 16.5. The summed E-state index contributed by atoms with van der Waals surface area (Å²) in [7, 11) is 0. The molecule has 18 heavy (non-hydrogen) atoms. The van der Waals surface area contributed by atoms with E-state index in [2.05, 4.69) is 16.9 Å². The van der Waals surface area contributed by atoms with Crippen LogP contribution in [0, 0.1) is 0 Å². The van der Waals surface area contributed by atoms with E-state index in [0.717, 1.165) is 6.42 Å². The molecule has 0 radical (unpaired) electrons. The number of rotatable bonds is 7. The van der Waals surface area contributed by atoms with Crippen molar-refractivity contribution >= 4 is 5.97 Å². The summed E-state index contributed by atoms with van der Waals surface area (Å²) < 4.78 is 5.18. The second-order valence-electron chi connectivity index (χ2n) is 3.88. The van der Waals surface area contributed by atoms with E-state index >= 15 is 0 Å². The van der Waals surface area contributed by atoms with E-state index in [4.69, 9.17) is 10.3 Å². The number of carbonyl (C=O) groups is 1. The van der Waals surface area contributed by atoms with Gasteiger partial charge in [-0.15, -0.1) is 0 Å². The second-order valence-corrected chi connectivity index (χ2v) is 3.88. The molecule has 0 fully saturated rings. The van der Waals surface area contributed by atoms with Crippen LogP contribution in [-0.2, 0) is 11.2 Å². The van der Waals surface area contributed by atoms with Crippen LogP contribution in [0.1, 0.15) is 31.7 Å². The monoisotopic (exact) mass is 247 g/mol. The smallest absolute Gasteiger partial charge is 0.311 e. The molecule has 0 N–H and O–H groups in total. The highest BCUT2D eigenvalue weighted by Crippen LogP contribution is 2.13. The molecule has 0 unspecified atom stereocenters. The van der Waals surface area contributed by atoms with Gasteiger partial charge in [-0.05, 0) is 42.5 Å². The Morgan fingerprint density at radius 3 is 2.67 bits per heavy atom. The molecule has 0 saturated carbocycles. The molecule has 96 valence electrons. The topological polar surface area (TPSA) is 75.1 Å². The molecule has 0 bridgehead atoms. The number of benzene rings is 1. The zero-order chi connectivity index (χ0) is 13.2. The van der Waals surface area contributed by atoms with Crippen LogP contribution in [0.3, 0.4) is 0 Å². The first-order valence-electron chi connectivity index (χ1n) is 6.06. The van der Waals surface area contributed by atoms with Crippen molar-refractivity contribution in [2.75, 3.05) is 6.54 Å². The maximum absolute atomic E-state index is 11.5. The van der Waals surface area contributed by atoms with Gasteiger partial charge in [0, 0.05) is 17.9 Å². The number of nitrogens with zero attached hydrogens (tertiary/aromatic N) is 3. The maximum atomic E-state index is 11.5. The quantitative estimate of drug-likeness (QED) is 0.184. The van der Waals surface area contributed by atoms with Crippen molar-refractivity contribution in [3.8, 4) is 5.75 Å². The number of azide groups is 1. The van der Waals surface area contributed by atoms with Gasteiger partial charge in [-0.25, -0.2) is 0 Å². The summed E-state index contributed by atoms with van der Waals surface area (Å²) in [5.41, 5.74) is 9.29. The lowest BCUT2D eigenvalue weighted by Crippen LogP contribution is -2.07. The average Bonchev–Trinajstić information content (AvgIpc) is 2.39. The molecule has 0 aliphatic carbocycles. The van der Waals surface area contributed by atoms with E-state index in [0.29, 0.717) is 31.6 Å². The summed E-state index contributed by atoms with van der Waals surface area (Å²) in [5.74, 6) is 0.326. The lowest BCUT2D eigenvalue weighted by Gasteiger charge is -2.04. The van der Waals surface area contributed by atoms with Gasteiger partial charge in [-0.1, -0.05) is 24.2 Å². The predicted octanol–water partition coefficient (Wildman–Crippen LogP) is 3.64. The molecule has 0 heterocycles. The Labute approximate surface area is 106 Å². The fourth-order valence-corrected chi connectivity index (χ4v) is 1.47. The van der Waals surface area contributed by atoms with Gasteiger partial charge in [0.15, 0.2) is 0 Å². The molecule has 0 amide bonds. The SMILES string of the molecule is CCc1ccc(OC(=O)CCCCN=[N+]=[N-])cc1. The van der Waals surface area contributed by atoms with Crippen molar-refractivity contribution in [3.05, 3.63) is 40.3 Å².